The topological polar surface area (TPSA) is 105 Å². The van der Waals surface area contributed by atoms with E-state index in [1.54, 1.807) is 23.3 Å². The first-order valence-corrected chi connectivity index (χ1v) is 8.09. The van der Waals surface area contributed by atoms with Crippen molar-refractivity contribution >= 4 is 5.65 Å². The zero-order valence-corrected chi connectivity index (χ0v) is 14.2. The van der Waals surface area contributed by atoms with E-state index in [1.165, 1.54) is 10.7 Å². The number of hydrogen-bond acceptors (Lipinski definition) is 5. The van der Waals surface area contributed by atoms with Gasteiger partial charge in [-0.05, 0) is 18.1 Å². The van der Waals surface area contributed by atoms with E-state index in [9.17, 15) is 10.1 Å². The van der Waals surface area contributed by atoms with Crippen molar-refractivity contribution in [1.82, 2.24) is 29.4 Å². The molecule has 0 fully saturated rings. The van der Waals surface area contributed by atoms with Crippen LogP contribution in [0, 0.1) is 11.3 Å². The first kappa shape index (κ1) is 15.8. The van der Waals surface area contributed by atoms with E-state index in [2.05, 4.69) is 26.2 Å². The molecular formula is C18H15N7O. The van der Waals surface area contributed by atoms with Crippen molar-refractivity contribution < 1.29 is 0 Å². The van der Waals surface area contributed by atoms with Crippen LogP contribution in [0.15, 0.2) is 47.9 Å². The fraction of sp³-hybridized carbons (Fsp3) is 0.167. The van der Waals surface area contributed by atoms with Crippen LogP contribution in [0.2, 0.25) is 0 Å². The van der Waals surface area contributed by atoms with Crippen LogP contribution >= 0.6 is 0 Å². The first-order valence-electron chi connectivity index (χ1n) is 8.09. The summed E-state index contributed by atoms with van der Waals surface area (Å²) in [5.41, 5.74) is 3.11. The maximum Gasteiger partial charge on any atom is 0.276 e. The number of H-pyrrole nitrogens is 1. The Bertz CT molecular complexity index is 1190. The van der Waals surface area contributed by atoms with Crippen molar-refractivity contribution in [2.45, 2.75) is 19.8 Å². The summed E-state index contributed by atoms with van der Waals surface area (Å²) in [7, 11) is 0. The molecule has 4 heterocycles. The van der Waals surface area contributed by atoms with Crippen molar-refractivity contribution in [3.63, 3.8) is 0 Å². The largest absolute Gasteiger partial charge is 0.295 e. The number of nitrogens with one attached hydrogen (secondary N) is 1. The van der Waals surface area contributed by atoms with Crippen LogP contribution in [0.5, 0.6) is 0 Å². The summed E-state index contributed by atoms with van der Waals surface area (Å²) in [6.07, 6.45) is 8.34. The van der Waals surface area contributed by atoms with Gasteiger partial charge in [-0.3, -0.25) is 14.9 Å². The van der Waals surface area contributed by atoms with Crippen molar-refractivity contribution in [3.05, 3.63) is 64.6 Å². The van der Waals surface area contributed by atoms with Crippen molar-refractivity contribution in [2.24, 2.45) is 0 Å². The molecule has 0 aliphatic heterocycles. The molecule has 4 aromatic heterocycles. The highest BCUT2D eigenvalue weighted by Gasteiger charge is 2.20. The van der Waals surface area contributed by atoms with Crippen LogP contribution in [0.3, 0.4) is 0 Å². The molecule has 128 valence electrons. The minimum Gasteiger partial charge on any atom is -0.295 e. The molecule has 0 atom stereocenters. The Morgan fingerprint density at radius 2 is 2.04 bits per heavy atom. The standard InChI is InChI=1S/C18H15N7O/c1-11(2)15-16(23-17-12(7-19)8-22-25(17)18(15)26)13-9-21-24(10-13)14-3-5-20-6-4-14/h3-6,8-11,22H,1-2H3. The van der Waals surface area contributed by atoms with Crippen LogP contribution in [0.4, 0.5) is 0 Å². The minimum atomic E-state index is -0.210. The Morgan fingerprint density at radius 3 is 2.73 bits per heavy atom. The van der Waals surface area contributed by atoms with Crippen LogP contribution in [-0.2, 0) is 0 Å². The molecule has 0 aromatic carbocycles. The lowest BCUT2D eigenvalue weighted by atomic mass is 10.00. The Hall–Kier alpha value is -3.73. The summed E-state index contributed by atoms with van der Waals surface area (Å²) < 4.78 is 3.01. The summed E-state index contributed by atoms with van der Waals surface area (Å²) in [6, 6.07) is 5.73. The average Bonchev–Trinajstić information content (AvgIpc) is 3.29. The summed E-state index contributed by atoms with van der Waals surface area (Å²) in [6.45, 7) is 3.88. The molecule has 0 spiro atoms. The number of hydrogen-bond donors (Lipinski definition) is 1. The second kappa shape index (κ2) is 5.97. The van der Waals surface area contributed by atoms with Crippen LogP contribution in [0.1, 0.15) is 30.9 Å². The molecule has 0 aliphatic carbocycles. The molecule has 0 radical (unpaired) electrons. The van der Waals surface area contributed by atoms with Crippen molar-refractivity contribution in [2.75, 3.05) is 0 Å². The minimum absolute atomic E-state index is 0.0417. The number of fused-ring (bicyclic) bond motifs is 1. The number of pyridine rings is 1. The van der Waals surface area contributed by atoms with E-state index in [-0.39, 0.29) is 11.5 Å². The van der Waals surface area contributed by atoms with Gasteiger partial charge >= 0.3 is 0 Å². The van der Waals surface area contributed by atoms with Gasteiger partial charge < -0.3 is 0 Å². The maximum atomic E-state index is 12.9. The van der Waals surface area contributed by atoms with E-state index in [0.717, 1.165) is 11.3 Å². The molecule has 0 bridgehead atoms. The second-order valence-corrected chi connectivity index (χ2v) is 6.17. The van der Waals surface area contributed by atoms with Gasteiger partial charge in [0.25, 0.3) is 5.56 Å². The summed E-state index contributed by atoms with van der Waals surface area (Å²) in [5, 5.41) is 16.4. The lowest BCUT2D eigenvalue weighted by molar-refractivity contribution is 0.797. The zero-order valence-electron chi connectivity index (χ0n) is 14.2. The van der Waals surface area contributed by atoms with E-state index in [0.29, 0.717) is 22.5 Å². The highest BCUT2D eigenvalue weighted by atomic mass is 16.1. The van der Waals surface area contributed by atoms with Gasteiger partial charge in [0.15, 0.2) is 5.65 Å². The Morgan fingerprint density at radius 1 is 1.27 bits per heavy atom. The molecule has 8 heteroatoms. The van der Waals surface area contributed by atoms with Gasteiger partial charge in [0.2, 0.25) is 0 Å². The van der Waals surface area contributed by atoms with Crippen LogP contribution in [0.25, 0.3) is 22.6 Å². The molecule has 0 saturated heterocycles. The van der Waals surface area contributed by atoms with E-state index < -0.39 is 0 Å². The molecule has 1 N–H and O–H groups in total. The molecular weight excluding hydrogens is 330 g/mol. The van der Waals surface area contributed by atoms with Gasteiger partial charge in [-0.25, -0.2) is 14.2 Å². The van der Waals surface area contributed by atoms with Gasteiger partial charge in [0.05, 0.1) is 17.6 Å². The third kappa shape index (κ3) is 2.38. The third-order valence-corrected chi connectivity index (χ3v) is 4.18. The highest BCUT2D eigenvalue weighted by molar-refractivity contribution is 5.67. The molecule has 0 unspecified atom stereocenters. The predicted octanol–water partition coefficient (Wildman–Crippen LogP) is 2.27. The molecule has 0 aliphatic rings. The van der Waals surface area contributed by atoms with E-state index >= 15 is 0 Å². The van der Waals surface area contributed by atoms with Gasteiger partial charge in [-0.15, -0.1) is 0 Å². The van der Waals surface area contributed by atoms with Gasteiger partial charge in [0, 0.05) is 35.9 Å². The van der Waals surface area contributed by atoms with Gasteiger partial charge in [-0.2, -0.15) is 10.4 Å². The number of nitriles is 1. The maximum absolute atomic E-state index is 12.9. The van der Waals surface area contributed by atoms with Crippen molar-refractivity contribution in [3.8, 4) is 23.0 Å². The number of nitrogens with zero attached hydrogens (tertiary/aromatic N) is 6. The average molecular weight is 345 g/mol. The lowest BCUT2D eigenvalue weighted by Crippen LogP contribution is -2.22. The van der Waals surface area contributed by atoms with Gasteiger partial charge in [-0.1, -0.05) is 13.8 Å². The molecule has 8 nitrogen and oxygen atoms in total. The lowest BCUT2D eigenvalue weighted by Gasteiger charge is -2.10. The SMILES string of the molecule is CC(C)c1c(-c2cnn(-c3ccncc3)c2)nc2c(C#N)c[nH]n2c1=O. The molecule has 0 amide bonds. The Kier molecular flexibility index (Phi) is 3.62. The highest BCUT2D eigenvalue weighted by Crippen LogP contribution is 2.26. The molecule has 0 saturated carbocycles. The fourth-order valence-electron chi connectivity index (χ4n) is 2.93. The van der Waals surface area contributed by atoms with Crippen LogP contribution < -0.4 is 5.56 Å². The molecule has 4 rings (SSSR count). The monoisotopic (exact) mass is 345 g/mol. The Balaban J connectivity index is 1.96. The smallest absolute Gasteiger partial charge is 0.276 e. The van der Waals surface area contributed by atoms with Crippen molar-refractivity contribution in [1.29, 1.82) is 5.26 Å². The first-order chi connectivity index (χ1) is 12.6. The zero-order chi connectivity index (χ0) is 18.3. The number of aromatic amines is 1. The molecule has 26 heavy (non-hydrogen) atoms. The van der Waals surface area contributed by atoms with Gasteiger partial charge in [0.1, 0.15) is 11.6 Å². The normalized spacial score (nSPS) is 11.2. The van der Waals surface area contributed by atoms with E-state index in [4.69, 9.17) is 0 Å². The quantitative estimate of drug-likeness (QED) is 0.613. The third-order valence-electron chi connectivity index (χ3n) is 4.18. The molecule has 4 aromatic rings. The van der Waals surface area contributed by atoms with Crippen LogP contribution in [-0.4, -0.2) is 29.4 Å². The number of aromatic nitrogens is 6. The summed E-state index contributed by atoms with van der Waals surface area (Å²) in [5.74, 6) is -0.0417. The fourth-order valence-corrected chi connectivity index (χ4v) is 2.93. The van der Waals surface area contributed by atoms with E-state index in [1.807, 2.05) is 32.2 Å². The summed E-state index contributed by atoms with van der Waals surface area (Å²) in [4.78, 5) is 21.5. The Labute approximate surface area is 148 Å². The second-order valence-electron chi connectivity index (χ2n) is 6.17. The number of rotatable bonds is 3. The summed E-state index contributed by atoms with van der Waals surface area (Å²) >= 11 is 0. The predicted molar refractivity (Wildman–Crippen MR) is 95.0 cm³/mol.